The molecule has 5 rings (SSSR count). The van der Waals surface area contributed by atoms with Gasteiger partial charge in [0.15, 0.2) is 5.82 Å². The van der Waals surface area contributed by atoms with E-state index in [2.05, 4.69) is 25.4 Å². The summed E-state index contributed by atoms with van der Waals surface area (Å²) in [6.07, 6.45) is 11.0. The first-order valence-electron chi connectivity index (χ1n) is 9.84. The predicted octanol–water partition coefficient (Wildman–Crippen LogP) is 2.69. The highest BCUT2D eigenvalue weighted by Crippen LogP contribution is 2.34. The Hall–Kier alpha value is -3.27. The molecule has 0 spiro atoms. The maximum atomic E-state index is 15.0. The number of rotatable bonds is 4. The van der Waals surface area contributed by atoms with Crippen LogP contribution in [0.25, 0.3) is 22.4 Å². The number of fused-ring (bicyclic) bond motifs is 2. The van der Waals surface area contributed by atoms with E-state index in [9.17, 15) is 9.50 Å². The van der Waals surface area contributed by atoms with E-state index in [0.29, 0.717) is 41.2 Å². The van der Waals surface area contributed by atoms with Gasteiger partial charge in [-0.15, -0.1) is 5.10 Å². The molecule has 0 radical (unpaired) electrons. The molecule has 1 aliphatic rings. The Kier molecular flexibility index (Phi) is 4.31. The second-order valence-corrected chi connectivity index (χ2v) is 7.98. The van der Waals surface area contributed by atoms with Crippen LogP contribution >= 0.6 is 0 Å². The van der Waals surface area contributed by atoms with E-state index in [1.807, 2.05) is 6.92 Å². The van der Waals surface area contributed by atoms with Crippen molar-refractivity contribution in [1.29, 1.82) is 0 Å². The van der Waals surface area contributed by atoms with Gasteiger partial charge in [-0.3, -0.25) is 4.40 Å². The van der Waals surface area contributed by atoms with Gasteiger partial charge in [0.1, 0.15) is 5.52 Å². The van der Waals surface area contributed by atoms with Crippen LogP contribution in [0.2, 0.25) is 0 Å². The molecule has 0 aromatic carbocycles. The van der Waals surface area contributed by atoms with Crippen LogP contribution in [0.1, 0.15) is 32.6 Å². The molecule has 4 aromatic rings. The number of methoxy groups -OCH3 is 1. The number of hydrogen-bond donors (Lipinski definition) is 2. The monoisotopic (exact) mass is 411 g/mol. The molecule has 1 fully saturated rings. The summed E-state index contributed by atoms with van der Waals surface area (Å²) in [5, 5.41) is 17.9. The Morgan fingerprint density at radius 1 is 1.27 bits per heavy atom. The van der Waals surface area contributed by atoms with Gasteiger partial charge in [0.2, 0.25) is 17.6 Å². The Balaban J connectivity index is 1.53. The van der Waals surface area contributed by atoms with E-state index in [4.69, 9.17) is 4.74 Å². The fraction of sp³-hybridized carbons (Fsp3) is 0.400. The van der Waals surface area contributed by atoms with Crippen molar-refractivity contribution in [2.75, 3.05) is 12.4 Å². The number of imidazole rings is 1. The minimum atomic E-state index is -0.622. The first-order valence-corrected chi connectivity index (χ1v) is 9.84. The minimum Gasteiger partial charge on any atom is -0.479 e. The summed E-state index contributed by atoms with van der Waals surface area (Å²) in [4.78, 5) is 12.9. The molecular weight excluding hydrogens is 389 g/mol. The van der Waals surface area contributed by atoms with Crippen molar-refractivity contribution in [3.63, 3.8) is 0 Å². The Morgan fingerprint density at radius 3 is 2.83 bits per heavy atom. The van der Waals surface area contributed by atoms with Crippen molar-refractivity contribution in [2.45, 2.75) is 44.2 Å². The smallest absolute Gasteiger partial charge is 0.244 e. The van der Waals surface area contributed by atoms with Crippen LogP contribution in [-0.4, -0.2) is 52.8 Å². The number of hydrogen-bond acceptors (Lipinski definition) is 7. The average Bonchev–Trinajstić information content (AvgIpc) is 3.31. The molecule has 2 N–H and O–H groups in total. The molecule has 4 heterocycles. The molecule has 0 saturated heterocycles. The summed E-state index contributed by atoms with van der Waals surface area (Å²) < 4.78 is 23.6. The Morgan fingerprint density at radius 2 is 2.07 bits per heavy atom. The first-order chi connectivity index (χ1) is 14.4. The summed E-state index contributed by atoms with van der Waals surface area (Å²) in [7, 11) is 1.50. The largest absolute Gasteiger partial charge is 0.479 e. The fourth-order valence-electron chi connectivity index (χ4n) is 4.01. The number of ether oxygens (including phenoxy) is 1. The van der Waals surface area contributed by atoms with Crippen molar-refractivity contribution in [3.05, 3.63) is 36.8 Å². The molecule has 4 aromatic heterocycles. The van der Waals surface area contributed by atoms with Crippen LogP contribution in [0.5, 0.6) is 5.88 Å². The topological polar surface area (TPSA) is 102 Å². The van der Waals surface area contributed by atoms with Gasteiger partial charge >= 0.3 is 0 Å². The van der Waals surface area contributed by atoms with Crippen molar-refractivity contribution >= 4 is 17.2 Å². The zero-order valence-corrected chi connectivity index (χ0v) is 16.7. The number of aromatic nitrogens is 6. The highest BCUT2D eigenvalue weighted by Gasteiger charge is 2.29. The summed E-state index contributed by atoms with van der Waals surface area (Å²) in [5.41, 5.74) is 0.685. The van der Waals surface area contributed by atoms with Gasteiger partial charge in [0.25, 0.3) is 0 Å². The third-order valence-electron chi connectivity index (χ3n) is 5.68. The zero-order valence-electron chi connectivity index (χ0n) is 16.7. The molecule has 0 atom stereocenters. The summed E-state index contributed by atoms with van der Waals surface area (Å²) in [6, 6.07) is 0.139. The van der Waals surface area contributed by atoms with Crippen LogP contribution < -0.4 is 10.1 Å². The number of nitrogens with zero attached hydrogens (tertiary/aromatic N) is 6. The average molecular weight is 411 g/mol. The Labute approximate surface area is 171 Å². The van der Waals surface area contributed by atoms with Gasteiger partial charge in [-0.2, -0.15) is 4.98 Å². The van der Waals surface area contributed by atoms with Crippen molar-refractivity contribution in [3.8, 4) is 17.0 Å². The van der Waals surface area contributed by atoms with E-state index in [0.717, 1.165) is 12.8 Å². The normalized spacial score (nSPS) is 21.9. The lowest BCUT2D eigenvalue weighted by Crippen LogP contribution is -2.36. The molecule has 1 aliphatic carbocycles. The third-order valence-corrected chi connectivity index (χ3v) is 5.68. The molecule has 0 unspecified atom stereocenters. The molecule has 1 saturated carbocycles. The quantitative estimate of drug-likeness (QED) is 0.532. The maximum Gasteiger partial charge on any atom is 0.244 e. The lowest BCUT2D eigenvalue weighted by molar-refractivity contribution is 0.0195. The number of aliphatic hydroxyl groups is 1. The van der Waals surface area contributed by atoms with Crippen molar-refractivity contribution in [2.24, 2.45) is 0 Å². The molecule has 0 aliphatic heterocycles. The second-order valence-electron chi connectivity index (χ2n) is 7.98. The van der Waals surface area contributed by atoms with Crippen molar-refractivity contribution in [1.82, 2.24) is 29.0 Å². The van der Waals surface area contributed by atoms with Crippen LogP contribution in [0.3, 0.4) is 0 Å². The standard InChI is InChI=1S/C20H22FN7O2/c1-20(29)5-3-13(4-6-20)24-18-25-17(30-2)16-15(14(21)11-28(16)26-18)12-9-23-19-22-7-8-27(19)10-12/h7-11,13,29H,3-6H2,1-2H3,(H,24,26). The van der Waals surface area contributed by atoms with Crippen LogP contribution in [0.15, 0.2) is 31.0 Å². The molecule has 0 bridgehead atoms. The lowest BCUT2D eigenvalue weighted by Gasteiger charge is -2.33. The van der Waals surface area contributed by atoms with E-state index in [-0.39, 0.29) is 11.9 Å². The maximum absolute atomic E-state index is 15.0. The molecule has 9 nitrogen and oxygen atoms in total. The van der Waals surface area contributed by atoms with E-state index in [1.54, 1.807) is 29.2 Å². The molecule has 0 amide bonds. The molecular formula is C20H22FN7O2. The summed E-state index contributed by atoms with van der Waals surface area (Å²) in [5.74, 6) is 0.703. The van der Waals surface area contributed by atoms with Crippen LogP contribution in [0.4, 0.5) is 10.3 Å². The summed E-state index contributed by atoms with van der Waals surface area (Å²) >= 11 is 0. The Bertz CT molecular complexity index is 1220. The van der Waals surface area contributed by atoms with Crippen LogP contribution in [-0.2, 0) is 0 Å². The number of halogens is 1. The van der Waals surface area contributed by atoms with Crippen LogP contribution in [0, 0.1) is 5.82 Å². The van der Waals surface area contributed by atoms with Gasteiger partial charge in [-0.25, -0.2) is 18.9 Å². The predicted molar refractivity (Wildman–Crippen MR) is 108 cm³/mol. The SMILES string of the molecule is COc1nc(NC2CCC(C)(O)CC2)nn2cc(F)c(-c3cnc4nccn4c3)c12. The van der Waals surface area contributed by atoms with Gasteiger partial charge in [0, 0.05) is 36.4 Å². The van der Waals surface area contributed by atoms with Crippen molar-refractivity contribution < 1.29 is 14.2 Å². The number of anilines is 1. The van der Waals surface area contributed by atoms with Gasteiger partial charge in [-0.05, 0) is 32.6 Å². The summed E-state index contributed by atoms with van der Waals surface area (Å²) in [6.45, 7) is 1.86. The number of nitrogens with one attached hydrogen (secondary N) is 1. The minimum absolute atomic E-state index is 0.139. The zero-order chi connectivity index (χ0) is 20.9. The van der Waals surface area contributed by atoms with Gasteiger partial charge in [-0.1, -0.05) is 0 Å². The van der Waals surface area contributed by atoms with E-state index < -0.39 is 11.4 Å². The molecule has 30 heavy (non-hydrogen) atoms. The fourth-order valence-corrected chi connectivity index (χ4v) is 4.01. The molecule has 156 valence electrons. The van der Waals surface area contributed by atoms with E-state index >= 15 is 0 Å². The second kappa shape index (κ2) is 6.91. The lowest BCUT2D eigenvalue weighted by atomic mass is 9.84. The third kappa shape index (κ3) is 3.22. The highest BCUT2D eigenvalue weighted by molar-refractivity contribution is 5.84. The van der Waals surface area contributed by atoms with Gasteiger partial charge < -0.3 is 15.2 Å². The molecule has 10 heteroatoms. The van der Waals surface area contributed by atoms with Gasteiger partial charge in [0.05, 0.1) is 24.5 Å². The first kappa shape index (κ1) is 18.7. The van der Waals surface area contributed by atoms with E-state index in [1.165, 1.54) is 17.8 Å². The highest BCUT2D eigenvalue weighted by atomic mass is 19.1.